The minimum absolute atomic E-state index is 0.0338. The minimum atomic E-state index is -0.0338. The molecule has 0 unspecified atom stereocenters. The van der Waals surface area contributed by atoms with Crippen LogP contribution in [0.15, 0.2) is 23.4 Å². The van der Waals surface area contributed by atoms with E-state index in [1.807, 2.05) is 0 Å². The number of benzene rings is 1. The first-order valence-corrected chi connectivity index (χ1v) is 4.16. The van der Waals surface area contributed by atoms with Crippen LogP contribution < -0.4 is 4.74 Å². The number of halogens is 2. The van der Waals surface area contributed by atoms with Gasteiger partial charge in [0.1, 0.15) is 5.75 Å². The van der Waals surface area contributed by atoms with Gasteiger partial charge in [0, 0.05) is 5.02 Å². The zero-order valence-corrected chi connectivity index (χ0v) is 8.30. The second kappa shape index (κ2) is 4.35. The summed E-state index contributed by atoms with van der Waals surface area (Å²) < 4.78 is 4.99. The van der Waals surface area contributed by atoms with E-state index in [1.165, 1.54) is 7.11 Å². The van der Waals surface area contributed by atoms with Crippen LogP contribution in [0.25, 0.3) is 0 Å². The highest BCUT2D eigenvalue weighted by molar-refractivity contribution is 6.69. The standard InChI is InChI=1S/C8H7Cl2NO2/c1-13-7-4-5(9)2-3-6(7)8(10)11-12/h2-4,12H,1H3. The van der Waals surface area contributed by atoms with Gasteiger partial charge in [-0.25, -0.2) is 0 Å². The van der Waals surface area contributed by atoms with E-state index in [0.29, 0.717) is 16.3 Å². The van der Waals surface area contributed by atoms with Crippen molar-refractivity contribution >= 4 is 28.4 Å². The number of methoxy groups -OCH3 is 1. The van der Waals surface area contributed by atoms with E-state index in [1.54, 1.807) is 18.2 Å². The quantitative estimate of drug-likeness (QED) is 0.473. The van der Waals surface area contributed by atoms with Crippen molar-refractivity contribution in [3.63, 3.8) is 0 Å². The fourth-order valence-electron chi connectivity index (χ4n) is 0.889. The smallest absolute Gasteiger partial charge is 0.179 e. The summed E-state index contributed by atoms with van der Waals surface area (Å²) in [5.74, 6) is 0.468. The molecule has 1 N–H and O–H groups in total. The van der Waals surface area contributed by atoms with Gasteiger partial charge >= 0.3 is 0 Å². The Kier molecular flexibility index (Phi) is 3.39. The first kappa shape index (κ1) is 10.2. The Morgan fingerprint density at radius 3 is 2.77 bits per heavy atom. The highest BCUT2D eigenvalue weighted by Gasteiger charge is 2.08. The van der Waals surface area contributed by atoms with Crippen LogP contribution in [-0.4, -0.2) is 17.5 Å². The van der Waals surface area contributed by atoms with Gasteiger partial charge in [-0.05, 0) is 18.2 Å². The van der Waals surface area contributed by atoms with Gasteiger partial charge in [0.2, 0.25) is 0 Å². The third kappa shape index (κ3) is 2.26. The molecule has 0 aromatic heterocycles. The van der Waals surface area contributed by atoms with Crippen molar-refractivity contribution in [3.05, 3.63) is 28.8 Å². The molecule has 0 heterocycles. The Balaban J connectivity index is 3.21. The number of nitrogens with zero attached hydrogens (tertiary/aromatic N) is 1. The molecule has 5 heteroatoms. The second-order valence-electron chi connectivity index (χ2n) is 2.24. The second-order valence-corrected chi connectivity index (χ2v) is 3.03. The molecule has 1 aromatic carbocycles. The lowest BCUT2D eigenvalue weighted by atomic mass is 10.2. The lowest BCUT2D eigenvalue weighted by Gasteiger charge is -2.05. The molecule has 0 aliphatic heterocycles. The summed E-state index contributed by atoms with van der Waals surface area (Å²) in [5, 5.41) is 11.8. The number of hydrogen-bond acceptors (Lipinski definition) is 3. The van der Waals surface area contributed by atoms with Crippen LogP contribution in [0.1, 0.15) is 5.56 Å². The molecule has 0 fully saturated rings. The fraction of sp³-hybridized carbons (Fsp3) is 0.125. The average Bonchev–Trinajstić information content (AvgIpc) is 2.16. The van der Waals surface area contributed by atoms with E-state index < -0.39 is 0 Å². The van der Waals surface area contributed by atoms with Crippen LogP contribution in [0, 0.1) is 0 Å². The maximum atomic E-state index is 8.44. The van der Waals surface area contributed by atoms with Gasteiger partial charge in [-0.3, -0.25) is 0 Å². The Labute approximate surface area is 85.5 Å². The molecule has 0 atom stereocenters. The third-order valence-corrected chi connectivity index (χ3v) is 1.99. The normalized spacial score (nSPS) is 11.5. The Bertz CT molecular complexity index is 339. The van der Waals surface area contributed by atoms with Crippen molar-refractivity contribution in [2.45, 2.75) is 0 Å². The predicted molar refractivity (Wildman–Crippen MR) is 52.2 cm³/mol. The molecular weight excluding hydrogens is 213 g/mol. The van der Waals surface area contributed by atoms with Gasteiger partial charge < -0.3 is 9.94 Å². The first-order chi connectivity index (χ1) is 6.19. The molecular formula is C8H7Cl2NO2. The highest BCUT2D eigenvalue weighted by atomic mass is 35.5. The van der Waals surface area contributed by atoms with Gasteiger partial charge in [0.05, 0.1) is 12.7 Å². The first-order valence-electron chi connectivity index (χ1n) is 3.40. The van der Waals surface area contributed by atoms with Gasteiger partial charge in [-0.2, -0.15) is 0 Å². The maximum Gasteiger partial charge on any atom is 0.179 e. The van der Waals surface area contributed by atoms with Crippen molar-refractivity contribution in [2.24, 2.45) is 5.16 Å². The molecule has 0 radical (unpaired) electrons. The van der Waals surface area contributed by atoms with Gasteiger partial charge in [-0.15, -0.1) is 0 Å². The number of ether oxygens (including phenoxy) is 1. The molecule has 1 rings (SSSR count). The van der Waals surface area contributed by atoms with Crippen LogP contribution in [-0.2, 0) is 0 Å². The summed E-state index contributed by atoms with van der Waals surface area (Å²) in [6.07, 6.45) is 0. The lowest BCUT2D eigenvalue weighted by Crippen LogP contribution is -1.96. The van der Waals surface area contributed by atoms with Crippen molar-refractivity contribution in [2.75, 3.05) is 7.11 Å². The SMILES string of the molecule is COc1cc(Cl)ccc1C(Cl)=NO. The number of oxime groups is 1. The molecule has 3 nitrogen and oxygen atoms in total. The Morgan fingerprint density at radius 2 is 2.23 bits per heavy atom. The van der Waals surface area contributed by atoms with E-state index >= 15 is 0 Å². The lowest BCUT2D eigenvalue weighted by molar-refractivity contribution is 0.320. The van der Waals surface area contributed by atoms with E-state index in [4.69, 9.17) is 33.1 Å². The molecule has 0 saturated carbocycles. The molecule has 0 saturated heterocycles. The minimum Gasteiger partial charge on any atom is -0.496 e. The van der Waals surface area contributed by atoms with Crippen LogP contribution in [0.2, 0.25) is 5.02 Å². The zero-order valence-electron chi connectivity index (χ0n) is 6.79. The molecule has 0 spiro atoms. The van der Waals surface area contributed by atoms with Gasteiger partial charge in [0.25, 0.3) is 0 Å². The Hall–Kier alpha value is -0.930. The van der Waals surface area contributed by atoms with Crippen LogP contribution in [0.5, 0.6) is 5.75 Å². The number of rotatable bonds is 2. The fourth-order valence-corrected chi connectivity index (χ4v) is 1.21. The van der Waals surface area contributed by atoms with Crippen LogP contribution in [0.4, 0.5) is 0 Å². The van der Waals surface area contributed by atoms with E-state index in [0.717, 1.165) is 0 Å². The van der Waals surface area contributed by atoms with E-state index in [9.17, 15) is 0 Å². The largest absolute Gasteiger partial charge is 0.496 e. The zero-order chi connectivity index (χ0) is 9.84. The van der Waals surface area contributed by atoms with Gasteiger partial charge in [-0.1, -0.05) is 28.4 Å². The monoisotopic (exact) mass is 219 g/mol. The predicted octanol–water partition coefficient (Wildman–Crippen LogP) is 2.72. The van der Waals surface area contributed by atoms with Crippen LogP contribution >= 0.6 is 23.2 Å². The van der Waals surface area contributed by atoms with Crippen molar-refractivity contribution in [3.8, 4) is 5.75 Å². The molecule has 1 aromatic rings. The van der Waals surface area contributed by atoms with Crippen molar-refractivity contribution in [1.82, 2.24) is 0 Å². The summed E-state index contributed by atoms with van der Waals surface area (Å²) in [5.41, 5.74) is 0.496. The number of hydrogen-bond donors (Lipinski definition) is 1. The van der Waals surface area contributed by atoms with Crippen LogP contribution in [0.3, 0.4) is 0 Å². The van der Waals surface area contributed by atoms with Crippen molar-refractivity contribution < 1.29 is 9.94 Å². The maximum absolute atomic E-state index is 8.44. The van der Waals surface area contributed by atoms with E-state index in [2.05, 4.69) is 5.16 Å². The molecule has 70 valence electrons. The summed E-state index contributed by atoms with van der Waals surface area (Å²) in [7, 11) is 1.48. The topological polar surface area (TPSA) is 41.8 Å². The Morgan fingerprint density at radius 1 is 1.54 bits per heavy atom. The van der Waals surface area contributed by atoms with Gasteiger partial charge in [0.15, 0.2) is 5.17 Å². The molecule has 0 amide bonds. The van der Waals surface area contributed by atoms with Crippen molar-refractivity contribution in [1.29, 1.82) is 0 Å². The molecule has 0 aliphatic rings. The summed E-state index contributed by atoms with van der Waals surface area (Å²) in [6, 6.07) is 4.83. The van der Waals surface area contributed by atoms with E-state index in [-0.39, 0.29) is 5.17 Å². The summed E-state index contributed by atoms with van der Waals surface area (Å²) in [6.45, 7) is 0. The molecule has 0 aliphatic carbocycles. The third-order valence-electron chi connectivity index (χ3n) is 1.47. The molecule has 0 bridgehead atoms. The summed E-state index contributed by atoms with van der Waals surface area (Å²) >= 11 is 11.3. The summed E-state index contributed by atoms with van der Waals surface area (Å²) in [4.78, 5) is 0. The average molecular weight is 220 g/mol. The molecule has 13 heavy (non-hydrogen) atoms. The highest BCUT2D eigenvalue weighted by Crippen LogP contribution is 2.24.